The molecule has 29 heavy (non-hydrogen) atoms. The minimum absolute atomic E-state index is 0.0280. The van der Waals surface area contributed by atoms with Gasteiger partial charge in [-0.15, -0.1) is 0 Å². The molecule has 1 fully saturated rings. The highest BCUT2D eigenvalue weighted by molar-refractivity contribution is 6.35. The monoisotopic (exact) mass is 436 g/mol. The van der Waals surface area contributed by atoms with E-state index in [1.165, 1.54) is 0 Å². The van der Waals surface area contributed by atoms with Gasteiger partial charge < -0.3 is 19.7 Å². The zero-order chi connectivity index (χ0) is 20.8. The molecule has 0 radical (unpaired) electrons. The molecule has 2 amide bonds. The normalized spacial score (nSPS) is 14.4. The molecule has 8 heteroatoms. The lowest BCUT2D eigenvalue weighted by Gasteiger charge is -2.32. The Morgan fingerprint density at radius 1 is 1.10 bits per heavy atom. The smallest absolute Gasteiger partial charge is 0.260 e. The topological polar surface area (TPSA) is 67.9 Å². The molecule has 1 aliphatic rings. The van der Waals surface area contributed by atoms with Crippen molar-refractivity contribution in [2.75, 3.05) is 26.8 Å². The van der Waals surface area contributed by atoms with Crippen LogP contribution in [0.25, 0.3) is 0 Å². The number of halogens is 2. The van der Waals surface area contributed by atoms with E-state index in [-0.39, 0.29) is 24.5 Å². The van der Waals surface area contributed by atoms with Crippen LogP contribution in [0, 0.1) is 0 Å². The van der Waals surface area contributed by atoms with Gasteiger partial charge in [0.2, 0.25) is 0 Å². The van der Waals surface area contributed by atoms with Crippen LogP contribution in [0.5, 0.6) is 11.5 Å². The van der Waals surface area contributed by atoms with Crippen molar-refractivity contribution in [3.63, 3.8) is 0 Å². The molecule has 0 atom stereocenters. The van der Waals surface area contributed by atoms with Crippen molar-refractivity contribution in [3.8, 4) is 11.5 Å². The zero-order valence-electron chi connectivity index (χ0n) is 16.0. The minimum atomic E-state index is -0.127. The number of rotatable bonds is 6. The van der Waals surface area contributed by atoms with E-state index in [1.54, 1.807) is 54.5 Å². The molecule has 0 aromatic heterocycles. The van der Waals surface area contributed by atoms with Gasteiger partial charge in [0.15, 0.2) is 6.61 Å². The lowest BCUT2D eigenvalue weighted by molar-refractivity contribution is -0.134. The van der Waals surface area contributed by atoms with Crippen LogP contribution in [0.3, 0.4) is 0 Å². The lowest BCUT2D eigenvalue weighted by Crippen LogP contribution is -2.47. The fourth-order valence-corrected chi connectivity index (χ4v) is 3.57. The van der Waals surface area contributed by atoms with Gasteiger partial charge in [-0.25, -0.2) is 0 Å². The van der Waals surface area contributed by atoms with Gasteiger partial charge >= 0.3 is 0 Å². The first-order valence-electron chi connectivity index (χ1n) is 9.27. The molecule has 0 bridgehead atoms. The SMILES string of the molecule is COc1ccc(C(=O)NC2CCN(C(=O)COc3ccc(Cl)cc3Cl)CC2)cc1. The van der Waals surface area contributed by atoms with E-state index in [2.05, 4.69) is 5.32 Å². The first kappa shape index (κ1) is 21.3. The first-order valence-corrected chi connectivity index (χ1v) is 10.0. The molecule has 2 aromatic carbocycles. The van der Waals surface area contributed by atoms with Gasteiger partial charge in [0.1, 0.15) is 11.5 Å². The first-order chi connectivity index (χ1) is 14.0. The number of carbonyl (C=O) groups is 2. The predicted molar refractivity (Wildman–Crippen MR) is 112 cm³/mol. The molecule has 3 rings (SSSR count). The average molecular weight is 437 g/mol. The number of methoxy groups -OCH3 is 1. The van der Waals surface area contributed by atoms with E-state index in [4.69, 9.17) is 32.7 Å². The van der Waals surface area contributed by atoms with Gasteiger partial charge in [-0.2, -0.15) is 0 Å². The van der Waals surface area contributed by atoms with E-state index in [9.17, 15) is 9.59 Å². The molecule has 1 N–H and O–H groups in total. The number of hydrogen-bond donors (Lipinski definition) is 1. The molecule has 1 heterocycles. The number of nitrogens with zero attached hydrogens (tertiary/aromatic N) is 1. The van der Waals surface area contributed by atoms with Crippen molar-refractivity contribution < 1.29 is 19.1 Å². The number of likely N-dealkylation sites (tertiary alicyclic amines) is 1. The summed E-state index contributed by atoms with van der Waals surface area (Å²) >= 11 is 11.9. The lowest BCUT2D eigenvalue weighted by atomic mass is 10.0. The fraction of sp³-hybridized carbons (Fsp3) is 0.333. The van der Waals surface area contributed by atoms with Crippen LogP contribution in [-0.4, -0.2) is 49.6 Å². The van der Waals surface area contributed by atoms with Crippen LogP contribution in [-0.2, 0) is 4.79 Å². The summed E-state index contributed by atoms with van der Waals surface area (Å²) in [6.45, 7) is 1.03. The molecule has 2 aromatic rings. The third-order valence-electron chi connectivity index (χ3n) is 4.78. The number of benzene rings is 2. The summed E-state index contributed by atoms with van der Waals surface area (Å²) in [6.07, 6.45) is 1.38. The highest BCUT2D eigenvalue weighted by atomic mass is 35.5. The zero-order valence-corrected chi connectivity index (χ0v) is 17.5. The molecule has 1 aliphatic heterocycles. The van der Waals surface area contributed by atoms with Crippen molar-refractivity contribution in [3.05, 3.63) is 58.1 Å². The molecule has 6 nitrogen and oxygen atoms in total. The molecule has 0 aliphatic carbocycles. The van der Waals surface area contributed by atoms with Crippen LogP contribution in [0.4, 0.5) is 0 Å². The van der Waals surface area contributed by atoms with Gasteiger partial charge in [-0.3, -0.25) is 9.59 Å². The second-order valence-electron chi connectivity index (χ2n) is 6.72. The van der Waals surface area contributed by atoms with Crippen LogP contribution < -0.4 is 14.8 Å². The summed E-state index contributed by atoms with van der Waals surface area (Å²) in [5, 5.41) is 3.90. The van der Waals surface area contributed by atoms with Crippen molar-refractivity contribution in [1.82, 2.24) is 10.2 Å². The maximum absolute atomic E-state index is 12.4. The van der Waals surface area contributed by atoms with Gasteiger partial charge in [0.05, 0.1) is 12.1 Å². The molecule has 154 valence electrons. The molecule has 0 spiro atoms. The third kappa shape index (κ3) is 5.78. The highest BCUT2D eigenvalue weighted by Gasteiger charge is 2.24. The van der Waals surface area contributed by atoms with Crippen LogP contribution in [0.1, 0.15) is 23.2 Å². The predicted octanol–water partition coefficient (Wildman–Crippen LogP) is 3.80. The van der Waals surface area contributed by atoms with E-state index in [1.807, 2.05) is 0 Å². The number of carbonyl (C=O) groups excluding carboxylic acids is 2. The Kier molecular flexibility index (Phi) is 7.23. The third-order valence-corrected chi connectivity index (χ3v) is 5.31. The Labute approximate surface area is 179 Å². The van der Waals surface area contributed by atoms with E-state index in [0.717, 1.165) is 0 Å². The second-order valence-corrected chi connectivity index (χ2v) is 7.56. The summed E-state index contributed by atoms with van der Waals surface area (Å²) in [6, 6.07) is 11.9. The standard InChI is InChI=1S/C21H22Cl2N2O4/c1-28-17-5-2-14(3-6-17)21(27)24-16-8-10-25(11-9-16)20(26)13-29-19-7-4-15(22)12-18(19)23/h2-7,12,16H,8-11,13H2,1H3,(H,24,27). The summed E-state index contributed by atoms with van der Waals surface area (Å²) in [5.41, 5.74) is 0.581. The highest BCUT2D eigenvalue weighted by Crippen LogP contribution is 2.27. The van der Waals surface area contributed by atoms with Gasteiger partial charge in [0, 0.05) is 29.7 Å². The minimum Gasteiger partial charge on any atom is -0.497 e. The number of nitrogens with one attached hydrogen (secondary N) is 1. The van der Waals surface area contributed by atoms with Crippen molar-refractivity contribution >= 4 is 35.0 Å². The molecular weight excluding hydrogens is 415 g/mol. The fourth-order valence-electron chi connectivity index (χ4n) is 3.11. The van der Waals surface area contributed by atoms with Gasteiger partial charge in [0.25, 0.3) is 11.8 Å². The van der Waals surface area contributed by atoms with Crippen molar-refractivity contribution in [2.24, 2.45) is 0 Å². The van der Waals surface area contributed by atoms with Gasteiger partial charge in [-0.1, -0.05) is 23.2 Å². The van der Waals surface area contributed by atoms with E-state index >= 15 is 0 Å². The molecule has 1 saturated heterocycles. The second kappa shape index (κ2) is 9.85. The maximum Gasteiger partial charge on any atom is 0.260 e. The molecule has 0 saturated carbocycles. The van der Waals surface area contributed by atoms with Crippen LogP contribution in [0.15, 0.2) is 42.5 Å². The Hall–Kier alpha value is -2.44. The summed E-state index contributed by atoms with van der Waals surface area (Å²) in [5.74, 6) is 0.885. The van der Waals surface area contributed by atoms with E-state index < -0.39 is 0 Å². The maximum atomic E-state index is 12.4. The Morgan fingerprint density at radius 3 is 2.41 bits per heavy atom. The Morgan fingerprint density at radius 2 is 1.79 bits per heavy atom. The largest absolute Gasteiger partial charge is 0.497 e. The Bertz CT molecular complexity index is 865. The number of amides is 2. The quantitative estimate of drug-likeness (QED) is 0.747. The molecular formula is C21H22Cl2N2O4. The number of piperidine rings is 1. The molecule has 0 unspecified atom stereocenters. The number of hydrogen-bond acceptors (Lipinski definition) is 4. The summed E-state index contributed by atoms with van der Waals surface area (Å²) in [4.78, 5) is 26.5. The van der Waals surface area contributed by atoms with Gasteiger partial charge in [-0.05, 0) is 55.3 Å². The van der Waals surface area contributed by atoms with E-state index in [0.29, 0.717) is 53.0 Å². The summed E-state index contributed by atoms with van der Waals surface area (Å²) < 4.78 is 10.6. The van der Waals surface area contributed by atoms with Crippen molar-refractivity contribution in [1.29, 1.82) is 0 Å². The Balaban J connectivity index is 1.44. The summed E-state index contributed by atoms with van der Waals surface area (Å²) in [7, 11) is 1.58. The van der Waals surface area contributed by atoms with Crippen molar-refractivity contribution in [2.45, 2.75) is 18.9 Å². The van der Waals surface area contributed by atoms with Crippen LogP contribution >= 0.6 is 23.2 Å². The van der Waals surface area contributed by atoms with Crippen LogP contribution in [0.2, 0.25) is 10.0 Å². The number of ether oxygens (including phenoxy) is 2. The average Bonchev–Trinajstić information content (AvgIpc) is 2.73.